The molecule has 2 fully saturated rings. The molecule has 0 bridgehead atoms. The highest BCUT2D eigenvalue weighted by Crippen LogP contribution is 2.33. The minimum atomic E-state index is -2.94. The number of hydrogen-bond acceptors (Lipinski definition) is 4. The summed E-state index contributed by atoms with van der Waals surface area (Å²) in [6.07, 6.45) is 3.30. The summed E-state index contributed by atoms with van der Waals surface area (Å²) in [6, 6.07) is -0.136. The van der Waals surface area contributed by atoms with Crippen LogP contribution in [0.5, 0.6) is 0 Å². The molecule has 0 saturated carbocycles. The normalized spacial score (nSPS) is 34.1. The van der Waals surface area contributed by atoms with Gasteiger partial charge in [0.1, 0.15) is 0 Å². The second-order valence-electron chi connectivity index (χ2n) is 5.89. The second kappa shape index (κ2) is 5.40. The third-order valence-electron chi connectivity index (χ3n) is 4.68. The Labute approximate surface area is 115 Å². The molecule has 2 rings (SSSR count). The topological polar surface area (TPSA) is 66.5 Å². The van der Waals surface area contributed by atoms with Crippen molar-refractivity contribution in [2.45, 2.75) is 38.6 Å². The minimum absolute atomic E-state index is 0.115. The number of rotatable bonds is 3. The fourth-order valence-corrected chi connectivity index (χ4v) is 5.00. The lowest BCUT2D eigenvalue weighted by atomic mass is 9.77. The molecular formula is C13H24N2O3S. The predicted molar refractivity (Wildman–Crippen MR) is 74.7 cm³/mol. The lowest BCUT2D eigenvalue weighted by molar-refractivity contribution is -0.144. The molecule has 110 valence electrons. The summed E-state index contributed by atoms with van der Waals surface area (Å²) in [5.41, 5.74) is -0.334. The molecule has 0 aromatic carbocycles. The van der Waals surface area contributed by atoms with Crippen molar-refractivity contribution < 1.29 is 13.2 Å². The van der Waals surface area contributed by atoms with Crippen molar-refractivity contribution in [2.24, 2.45) is 5.41 Å². The molecule has 0 aliphatic carbocycles. The number of sulfone groups is 1. The highest BCUT2D eigenvalue weighted by Gasteiger charge is 2.43. The first-order valence-electron chi connectivity index (χ1n) is 7.09. The Morgan fingerprint density at radius 1 is 1.47 bits per heavy atom. The largest absolute Gasteiger partial charge is 0.341 e. The van der Waals surface area contributed by atoms with Crippen LogP contribution in [-0.2, 0) is 14.6 Å². The van der Waals surface area contributed by atoms with Crippen molar-refractivity contribution in [3.63, 3.8) is 0 Å². The van der Waals surface area contributed by atoms with Crippen LogP contribution in [0.25, 0.3) is 0 Å². The van der Waals surface area contributed by atoms with Gasteiger partial charge in [0.15, 0.2) is 9.84 Å². The molecule has 6 heteroatoms. The summed E-state index contributed by atoms with van der Waals surface area (Å²) in [7, 11) is -1.18. The molecule has 0 spiro atoms. The highest BCUT2D eigenvalue weighted by atomic mass is 32.2. The van der Waals surface area contributed by atoms with Crippen molar-refractivity contribution >= 4 is 15.7 Å². The molecule has 0 aromatic heterocycles. The third-order valence-corrected chi connectivity index (χ3v) is 6.43. The van der Waals surface area contributed by atoms with E-state index in [0.717, 1.165) is 25.8 Å². The maximum Gasteiger partial charge on any atom is 0.230 e. The number of nitrogens with zero attached hydrogens (tertiary/aromatic N) is 1. The first-order chi connectivity index (χ1) is 8.90. The van der Waals surface area contributed by atoms with E-state index in [1.807, 2.05) is 6.92 Å². The van der Waals surface area contributed by atoms with E-state index in [1.165, 1.54) is 0 Å². The average molecular weight is 288 g/mol. The Bertz CT molecular complexity index is 441. The summed E-state index contributed by atoms with van der Waals surface area (Å²) in [6.45, 7) is 3.73. The Morgan fingerprint density at radius 3 is 2.68 bits per heavy atom. The zero-order valence-electron chi connectivity index (χ0n) is 11.8. The van der Waals surface area contributed by atoms with Crippen LogP contribution in [0.15, 0.2) is 0 Å². The van der Waals surface area contributed by atoms with Crippen LogP contribution in [0.4, 0.5) is 0 Å². The second-order valence-corrected chi connectivity index (χ2v) is 8.12. The predicted octanol–water partition coefficient (Wildman–Crippen LogP) is 0.412. The number of piperidine rings is 1. The Hall–Kier alpha value is -0.620. The van der Waals surface area contributed by atoms with Gasteiger partial charge in [-0.15, -0.1) is 0 Å². The van der Waals surface area contributed by atoms with Gasteiger partial charge in [0, 0.05) is 19.6 Å². The zero-order valence-corrected chi connectivity index (χ0v) is 12.6. The molecule has 2 atom stereocenters. The number of carbonyl (C=O) groups excluding carboxylic acids is 1. The Kier molecular flexibility index (Phi) is 4.20. The van der Waals surface area contributed by atoms with Crippen LogP contribution in [0.2, 0.25) is 0 Å². The first-order valence-corrected chi connectivity index (χ1v) is 8.91. The van der Waals surface area contributed by atoms with Gasteiger partial charge in [-0.05, 0) is 32.2 Å². The molecule has 2 aliphatic heterocycles. The van der Waals surface area contributed by atoms with Crippen molar-refractivity contribution in [2.75, 3.05) is 31.6 Å². The Morgan fingerprint density at radius 2 is 2.21 bits per heavy atom. The van der Waals surface area contributed by atoms with Crippen molar-refractivity contribution in [3.05, 3.63) is 0 Å². The molecule has 5 nitrogen and oxygen atoms in total. The highest BCUT2D eigenvalue weighted by molar-refractivity contribution is 7.91. The van der Waals surface area contributed by atoms with Gasteiger partial charge in [0.05, 0.1) is 16.9 Å². The first kappa shape index (κ1) is 14.8. The SMILES string of the molecule is CCC1(C(=O)N(C)C2CCS(=O)(=O)C2)CCCNC1. The fourth-order valence-electron chi connectivity index (χ4n) is 3.22. The van der Waals surface area contributed by atoms with E-state index >= 15 is 0 Å². The average Bonchev–Trinajstić information content (AvgIpc) is 2.78. The van der Waals surface area contributed by atoms with Crippen molar-refractivity contribution in [1.29, 1.82) is 0 Å². The van der Waals surface area contributed by atoms with Gasteiger partial charge in [0.2, 0.25) is 5.91 Å². The van der Waals surface area contributed by atoms with Gasteiger partial charge in [-0.25, -0.2) is 8.42 Å². The third kappa shape index (κ3) is 2.94. The molecular weight excluding hydrogens is 264 g/mol. The molecule has 0 radical (unpaired) electrons. The number of hydrogen-bond donors (Lipinski definition) is 1. The lowest BCUT2D eigenvalue weighted by Gasteiger charge is -2.40. The molecule has 19 heavy (non-hydrogen) atoms. The van der Waals surface area contributed by atoms with Gasteiger partial charge in [-0.1, -0.05) is 6.92 Å². The van der Waals surface area contributed by atoms with E-state index < -0.39 is 9.84 Å². The van der Waals surface area contributed by atoms with E-state index in [2.05, 4.69) is 5.32 Å². The molecule has 1 amide bonds. The lowest BCUT2D eigenvalue weighted by Crippen LogP contribution is -2.53. The molecule has 2 aliphatic rings. The quantitative estimate of drug-likeness (QED) is 0.817. The van der Waals surface area contributed by atoms with E-state index in [4.69, 9.17) is 0 Å². The Balaban J connectivity index is 2.09. The zero-order chi connectivity index (χ0) is 14.1. The van der Waals surface area contributed by atoms with Crippen molar-refractivity contribution in [3.8, 4) is 0 Å². The van der Waals surface area contributed by atoms with Gasteiger partial charge in [-0.3, -0.25) is 4.79 Å². The van der Waals surface area contributed by atoms with Crippen LogP contribution in [0, 0.1) is 5.41 Å². The number of nitrogens with one attached hydrogen (secondary N) is 1. The van der Waals surface area contributed by atoms with Gasteiger partial charge in [-0.2, -0.15) is 0 Å². The summed E-state index contributed by atoms with van der Waals surface area (Å²) < 4.78 is 23.1. The molecule has 2 unspecified atom stereocenters. The van der Waals surface area contributed by atoms with Crippen LogP contribution < -0.4 is 5.32 Å². The fraction of sp³-hybridized carbons (Fsp3) is 0.923. The number of carbonyl (C=O) groups is 1. The van der Waals surface area contributed by atoms with E-state index in [1.54, 1.807) is 11.9 Å². The molecule has 1 N–H and O–H groups in total. The van der Waals surface area contributed by atoms with Gasteiger partial charge >= 0.3 is 0 Å². The summed E-state index contributed by atoms with van der Waals surface area (Å²) in [5, 5.41) is 3.30. The van der Waals surface area contributed by atoms with E-state index in [9.17, 15) is 13.2 Å². The standard InChI is InChI=1S/C13H24N2O3S/c1-3-13(6-4-7-14-10-13)12(16)15(2)11-5-8-19(17,18)9-11/h11,14H,3-10H2,1-2H3. The molecule has 0 aromatic rings. The van der Waals surface area contributed by atoms with Crippen LogP contribution in [-0.4, -0.2) is 56.9 Å². The van der Waals surface area contributed by atoms with Gasteiger partial charge in [0.25, 0.3) is 0 Å². The molecule has 2 heterocycles. The van der Waals surface area contributed by atoms with Crippen LogP contribution in [0.1, 0.15) is 32.6 Å². The van der Waals surface area contributed by atoms with Crippen LogP contribution >= 0.6 is 0 Å². The smallest absolute Gasteiger partial charge is 0.230 e. The maximum atomic E-state index is 12.7. The van der Waals surface area contributed by atoms with Crippen LogP contribution in [0.3, 0.4) is 0 Å². The van der Waals surface area contributed by atoms with Gasteiger partial charge < -0.3 is 10.2 Å². The summed E-state index contributed by atoms with van der Waals surface area (Å²) in [4.78, 5) is 14.4. The van der Waals surface area contributed by atoms with E-state index in [-0.39, 0.29) is 28.9 Å². The monoisotopic (exact) mass is 288 g/mol. The minimum Gasteiger partial charge on any atom is -0.341 e. The number of amides is 1. The molecule has 2 saturated heterocycles. The maximum absolute atomic E-state index is 12.7. The summed E-state index contributed by atoms with van der Waals surface area (Å²) in [5.74, 6) is 0.457. The van der Waals surface area contributed by atoms with E-state index in [0.29, 0.717) is 13.0 Å². The van der Waals surface area contributed by atoms with Crippen molar-refractivity contribution in [1.82, 2.24) is 10.2 Å². The summed E-state index contributed by atoms with van der Waals surface area (Å²) >= 11 is 0.